The summed E-state index contributed by atoms with van der Waals surface area (Å²) in [5.74, 6) is 0. The van der Waals surface area contributed by atoms with E-state index in [0.717, 1.165) is 0 Å². The Hall–Kier alpha value is -0.780. The fourth-order valence-corrected chi connectivity index (χ4v) is 1.40. The first-order chi connectivity index (χ1) is 7.13. The zero-order chi connectivity index (χ0) is 11.7. The van der Waals surface area contributed by atoms with Crippen LogP contribution in [0, 0.1) is 20.8 Å². The summed E-state index contributed by atoms with van der Waals surface area (Å²) in [6, 6.07) is 6.38. The number of hydrogen-bond acceptors (Lipinski definition) is 0. The number of aryl methyl sites for hydroxylation is 2. The summed E-state index contributed by atoms with van der Waals surface area (Å²) in [4.78, 5) is 0. The third kappa shape index (κ3) is 6.33. The predicted molar refractivity (Wildman–Crippen MR) is 70.5 cm³/mol. The van der Waals surface area contributed by atoms with E-state index in [9.17, 15) is 0 Å². The monoisotopic (exact) mass is 206 g/mol. The van der Waals surface area contributed by atoms with E-state index in [1.807, 2.05) is 0 Å². The molecule has 0 aromatic heterocycles. The van der Waals surface area contributed by atoms with Crippen molar-refractivity contribution in [2.75, 3.05) is 0 Å². The van der Waals surface area contributed by atoms with E-state index >= 15 is 0 Å². The lowest BCUT2D eigenvalue weighted by molar-refractivity contribution is 0.702. The molecule has 0 spiro atoms. The lowest BCUT2D eigenvalue weighted by atomic mass is 10.1. The highest BCUT2D eigenvalue weighted by atomic mass is 14.0. The van der Waals surface area contributed by atoms with Gasteiger partial charge in [0.1, 0.15) is 0 Å². The highest BCUT2D eigenvalue weighted by molar-refractivity contribution is 5.31. The minimum Gasteiger partial charge on any atom is -0.0654 e. The third-order valence-electron chi connectivity index (χ3n) is 2.83. The molecule has 0 amide bonds. The largest absolute Gasteiger partial charge is 0.0654 e. The molecule has 1 aromatic carbocycles. The average molecular weight is 206 g/mol. The minimum atomic E-state index is 1.36. The first-order valence-electron chi connectivity index (χ1n) is 6.16. The molecular weight excluding hydrogens is 180 g/mol. The molecule has 0 aliphatic rings. The summed E-state index contributed by atoms with van der Waals surface area (Å²) in [5.41, 5.74) is 4.18. The van der Waals surface area contributed by atoms with Gasteiger partial charge in [0.15, 0.2) is 0 Å². The first-order valence-corrected chi connectivity index (χ1v) is 6.16. The molecule has 0 aliphatic heterocycles. The zero-order valence-electron chi connectivity index (χ0n) is 11.1. The van der Waals surface area contributed by atoms with E-state index in [1.54, 1.807) is 0 Å². The Morgan fingerprint density at radius 3 is 1.47 bits per heavy atom. The van der Waals surface area contributed by atoms with Crippen LogP contribution in [0.15, 0.2) is 18.2 Å². The van der Waals surface area contributed by atoms with Crippen LogP contribution in [0.2, 0.25) is 0 Å². The Kier molecular flexibility index (Phi) is 8.08. The molecule has 1 rings (SSSR count). The van der Waals surface area contributed by atoms with Crippen LogP contribution in [-0.2, 0) is 0 Å². The second-order valence-electron chi connectivity index (χ2n) is 4.22. The number of unbranched alkanes of at least 4 members (excludes halogenated alkanes) is 3. The molecule has 86 valence electrons. The highest BCUT2D eigenvalue weighted by Gasteiger charge is 1.91. The maximum Gasteiger partial charge on any atom is -0.0392 e. The van der Waals surface area contributed by atoms with Crippen LogP contribution in [0.1, 0.15) is 56.2 Å². The maximum atomic E-state index is 2.23. The Balaban J connectivity index is 0.000000288. The topological polar surface area (TPSA) is 0 Å². The van der Waals surface area contributed by atoms with E-state index in [1.165, 1.54) is 42.4 Å². The number of rotatable bonds is 3. The zero-order valence-corrected chi connectivity index (χ0v) is 11.1. The molecule has 0 radical (unpaired) electrons. The van der Waals surface area contributed by atoms with Crippen molar-refractivity contribution in [3.63, 3.8) is 0 Å². The van der Waals surface area contributed by atoms with Crippen molar-refractivity contribution in [2.45, 2.75) is 60.3 Å². The van der Waals surface area contributed by atoms with Crippen molar-refractivity contribution in [1.29, 1.82) is 0 Å². The number of benzene rings is 1. The van der Waals surface area contributed by atoms with Gasteiger partial charge in [-0.25, -0.2) is 0 Å². The van der Waals surface area contributed by atoms with Crippen molar-refractivity contribution in [3.05, 3.63) is 34.9 Å². The summed E-state index contributed by atoms with van der Waals surface area (Å²) >= 11 is 0. The standard InChI is InChI=1S/C9H12.C6H14/c1-7-5-4-6-8(2)9(7)3;1-3-5-6-4-2/h4-6H,1-3H3;3-6H2,1-2H3. The molecule has 1 aromatic rings. The fourth-order valence-electron chi connectivity index (χ4n) is 1.40. The van der Waals surface area contributed by atoms with E-state index in [4.69, 9.17) is 0 Å². The molecule has 0 aliphatic carbocycles. The molecule has 0 atom stereocenters. The van der Waals surface area contributed by atoms with Crippen LogP contribution < -0.4 is 0 Å². The molecule has 0 nitrogen and oxygen atoms in total. The Morgan fingerprint density at radius 2 is 1.20 bits per heavy atom. The van der Waals surface area contributed by atoms with Gasteiger partial charge < -0.3 is 0 Å². The smallest absolute Gasteiger partial charge is 0.0392 e. The van der Waals surface area contributed by atoms with Crippen LogP contribution in [0.5, 0.6) is 0 Å². The van der Waals surface area contributed by atoms with Crippen molar-refractivity contribution in [1.82, 2.24) is 0 Å². The molecule has 0 saturated heterocycles. The lowest BCUT2D eigenvalue weighted by Gasteiger charge is -2.00. The second kappa shape index (κ2) is 8.52. The maximum absolute atomic E-state index is 2.23. The Morgan fingerprint density at radius 1 is 0.800 bits per heavy atom. The van der Waals surface area contributed by atoms with Gasteiger partial charge in [-0.05, 0) is 37.5 Å². The molecule has 0 bridgehead atoms. The summed E-state index contributed by atoms with van der Waals surface area (Å²) in [5, 5.41) is 0. The molecule has 0 N–H and O–H groups in total. The molecule has 0 unspecified atom stereocenters. The van der Waals surface area contributed by atoms with E-state index in [0.29, 0.717) is 0 Å². The van der Waals surface area contributed by atoms with Gasteiger partial charge in [-0.2, -0.15) is 0 Å². The van der Waals surface area contributed by atoms with Crippen molar-refractivity contribution in [2.24, 2.45) is 0 Å². The average Bonchev–Trinajstić information content (AvgIpc) is 2.24. The van der Waals surface area contributed by atoms with Gasteiger partial charge in [-0.3, -0.25) is 0 Å². The van der Waals surface area contributed by atoms with Gasteiger partial charge >= 0.3 is 0 Å². The van der Waals surface area contributed by atoms with E-state index in [2.05, 4.69) is 52.8 Å². The molecule has 0 heterocycles. The third-order valence-corrected chi connectivity index (χ3v) is 2.83. The lowest BCUT2D eigenvalue weighted by Crippen LogP contribution is -1.82. The van der Waals surface area contributed by atoms with Gasteiger partial charge in [0.2, 0.25) is 0 Å². The Bertz CT molecular complexity index is 236. The molecule has 0 heteroatoms. The van der Waals surface area contributed by atoms with Crippen LogP contribution in [0.3, 0.4) is 0 Å². The van der Waals surface area contributed by atoms with E-state index in [-0.39, 0.29) is 0 Å². The van der Waals surface area contributed by atoms with Crippen molar-refractivity contribution < 1.29 is 0 Å². The van der Waals surface area contributed by atoms with Crippen LogP contribution in [0.25, 0.3) is 0 Å². The van der Waals surface area contributed by atoms with Gasteiger partial charge in [-0.1, -0.05) is 57.7 Å². The van der Waals surface area contributed by atoms with Gasteiger partial charge in [-0.15, -0.1) is 0 Å². The van der Waals surface area contributed by atoms with Crippen LogP contribution >= 0.6 is 0 Å². The first kappa shape index (κ1) is 14.2. The SMILES string of the molecule is CCCCCC.Cc1cccc(C)c1C. The quantitative estimate of drug-likeness (QED) is 0.596. The van der Waals surface area contributed by atoms with Crippen LogP contribution in [0.4, 0.5) is 0 Å². The van der Waals surface area contributed by atoms with Gasteiger partial charge in [0.05, 0.1) is 0 Å². The predicted octanol–water partition coefficient (Wildman–Crippen LogP) is 5.20. The molecular formula is C15H26. The van der Waals surface area contributed by atoms with E-state index < -0.39 is 0 Å². The molecule has 15 heavy (non-hydrogen) atoms. The molecule has 0 fully saturated rings. The second-order valence-corrected chi connectivity index (χ2v) is 4.22. The Labute approximate surface area is 95.7 Å². The summed E-state index contributed by atoms with van der Waals surface area (Å²) in [6.07, 6.45) is 5.54. The summed E-state index contributed by atoms with van der Waals surface area (Å²) in [6.45, 7) is 10.9. The van der Waals surface area contributed by atoms with Crippen molar-refractivity contribution >= 4 is 0 Å². The molecule has 0 saturated carbocycles. The number of hydrogen-bond donors (Lipinski definition) is 0. The minimum absolute atomic E-state index is 1.36. The van der Waals surface area contributed by atoms with Crippen molar-refractivity contribution in [3.8, 4) is 0 Å². The van der Waals surface area contributed by atoms with Crippen LogP contribution in [-0.4, -0.2) is 0 Å². The highest BCUT2D eigenvalue weighted by Crippen LogP contribution is 2.09. The van der Waals surface area contributed by atoms with Gasteiger partial charge in [0, 0.05) is 0 Å². The van der Waals surface area contributed by atoms with Gasteiger partial charge in [0.25, 0.3) is 0 Å². The normalized spacial score (nSPS) is 9.40. The summed E-state index contributed by atoms with van der Waals surface area (Å²) in [7, 11) is 0. The fraction of sp³-hybridized carbons (Fsp3) is 0.600. The summed E-state index contributed by atoms with van der Waals surface area (Å²) < 4.78 is 0.